The zero-order valence-corrected chi connectivity index (χ0v) is 13.3. The fourth-order valence-corrected chi connectivity index (χ4v) is 2.63. The molecule has 0 unspecified atom stereocenters. The van der Waals surface area contributed by atoms with Crippen LogP contribution in [0.15, 0.2) is 36.7 Å². The van der Waals surface area contributed by atoms with Crippen molar-refractivity contribution in [2.75, 3.05) is 13.6 Å². The van der Waals surface area contributed by atoms with Crippen molar-refractivity contribution in [3.8, 4) is 17.2 Å². The lowest BCUT2D eigenvalue weighted by atomic mass is 10.1. The molecule has 1 aromatic carbocycles. The Hall–Kier alpha value is -2.80. The maximum Gasteiger partial charge on any atom is 0.335 e. The van der Waals surface area contributed by atoms with Crippen LogP contribution in [0.4, 0.5) is 0 Å². The lowest BCUT2D eigenvalue weighted by Crippen LogP contribution is -2.17. The van der Waals surface area contributed by atoms with Crippen molar-refractivity contribution in [3.63, 3.8) is 0 Å². The monoisotopic (exact) mass is 332 g/mol. The number of carbonyl (C=O) groups is 1. The number of carboxylic acid groups (broad SMARTS) is 1. The first-order valence-electron chi connectivity index (χ1n) is 7.48. The highest BCUT2D eigenvalue weighted by Crippen LogP contribution is 2.35. The van der Waals surface area contributed by atoms with Gasteiger partial charge >= 0.3 is 5.97 Å². The topological polar surface area (TPSA) is 114 Å². The second-order valence-corrected chi connectivity index (χ2v) is 5.59. The van der Waals surface area contributed by atoms with Crippen LogP contribution in [0.2, 0.25) is 0 Å². The number of benzene rings is 1. The Morgan fingerprint density at radius 3 is 2.38 bits per heavy atom. The number of pyridine rings is 1. The summed E-state index contributed by atoms with van der Waals surface area (Å²) < 4.78 is 0. The van der Waals surface area contributed by atoms with E-state index in [1.807, 2.05) is 18.5 Å². The number of aromatic hydroxyl groups is 3. The van der Waals surface area contributed by atoms with E-state index in [0.717, 1.165) is 12.1 Å². The van der Waals surface area contributed by atoms with Gasteiger partial charge in [-0.25, -0.2) is 4.79 Å². The van der Waals surface area contributed by atoms with Crippen LogP contribution in [-0.4, -0.2) is 49.9 Å². The lowest BCUT2D eigenvalue weighted by Gasteiger charge is -2.18. The molecule has 1 aliphatic heterocycles. The molecular formula is C17H20N2O5. The minimum atomic E-state index is -1.29. The lowest BCUT2D eigenvalue weighted by molar-refractivity contribution is 0.0696. The summed E-state index contributed by atoms with van der Waals surface area (Å²) in [4.78, 5) is 16.8. The van der Waals surface area contributed by atoms with Crippen molar-refractivity contribution in [3.05, 3.63) is 47.8 Å². The number of rotatable bonds is 2. The zero-order valence-electron chi connectivity index (χ0n) is 13.3. The maximum atomic E-state index is 10.3. The molecule has 0 bridgehead atoms. The Kier molecular flexibility index (Phi) is 5.59. The van der Waals surface area contributed by atoms with Gasteiger partial charge in [-0.2, -0.15) is 0 Å². The highest BCUT2D eigenvalue weighted by atomic mass is 16.4. The van der Waals surface area contributed by atoms with Gasteiger partial charge in [0, 0.05) is 18.4 Å². The van der Waals surface area contributed by atoms with Gasteiger partial charge in [-0.15, -0.1) is 0 Å². The summed E-state index contributed by atoms with van der Waals surface area (Å²) in [5, 5.41) is 35.0. The zero-order chi connectivity index (χ0) is 17.7. The molecule has 0 radical (unpaired) electrons. The van der Waals surface area contributed by atoms with Crippen molar-refractivity contribution >= 4 is 5.97 Å². The van der Waals surface area contributed by atoms with Crippen molar-refractivity contribution in [1.82, 2.24) is 9.88 Å². The number of phenolic OH excluding ortho intramolecular Hbond substituents is 3. The molecule has 24 heavy (non-hydrogen) atoms. The number of phenols is 3. The Balaban J connectivity index is 0.000000174. The number of hydrogen-bond acceptors (Lipinski definition) is 6. The van der Waals surface area contributed by atoms with Crippen LogP contribution < -0.4 is 0 Å². The molecule has 3 rings (SSSR count). The van der Waals surface area contributed by atoms with E-state index in [1.54, 1.807) is 0 Å². The number of aromatic nitrogens is 1. The molecule has 7 heteroatoms. The third-order valence-electron chi connectivity index (χ3n) is 3.91. The Bertz CT molecular complexity index is 682. The van der Waals surface area contributed by atoms with Crippen LogP contribution in [0.1, 0.15) is 34.8 Å². The third kappa shape index (κ3) is 4.14. The molecule has 0 amide bonds. The van der Waals surface area contributed by atoms with Crippen LogP contribution in [-0.2, 0) is 0 Å². The summed E-state index contributed by atoms with van der Waals surface area (Å²) in [6.07, 6.45) is 6.41. The average molecular weight is 332 g/mol. The number of nitrogens with zero attached hydrogens (tertiary/aromatic N) is 2. The molecule has 1 aromatic heterocycles. The fraction of sp³-hybridized carbons (Fsp3) is 0.294. The standard InChI is InChI=1S/C10H14N2.C7H6O5/c1-12-7-3-5-10(12)9-4-2-6-11-8-9;8-4-1-3(7(11)12)2-5(9)6(4)10/h2,4,6,8,10H,3,5,7H2,1H3;1-2,8-10H,(H,11,12)/t10-;/m0./s1. The van der Waals surface area contributed by atoms with Crippen molar-refractivity contribution < 1.29 is 25.2 Å². The second kappa shape index (κ2) is 7.65. The molecule has 1 saturated heterocycles. The second-order valence-electron chi connectivity index (χ2n) is 5.59. The Labute approximate surface area is 139 Å². The molecule has 128 valence electrons. The van der Waals surface area contributed by atoms with E-state index in [2.05, 4.69) is 23.0 Å². The summed E-state index contributed by atoms with van der Waals surface area (Å²) in [5.74, 6) is -3.33. The molecule has 0 spiro atoms. The number of aromatic carboxylic acids is 1. The van der Waals surface area contributed by atoms with E-state index in [-0.39, 0.29) is 5.56 Å². The van der Waals surface area contributed by atoms with Crippen LogP contribution in [0.25, 0.3) is 0 Å². The summed E-state index contributed by atoms with van der Waals surface area (Å²) in [5.41, 5.74) is 1.07. The molecule has 4 N–H and O–H groups in total. The van der Waals surface area contributed by atoms with Gasteiger partial charge in [-0.05, 0) is 50.2 Å². The van der Waals surface area contributed by atoms with Crippen LogP contribution in [0, 0.1) is 0 Å². The van der Waals surface area contributed by atoms with Crippen molar-refractivity contribution in [2.45, 2.75) is 18.9 Å². The average Bonchev–Trinajstić information content (AvgIpc) is 2.99. The molecular weight excluding hydrogens is 312 g/mol. The van der Waals surface area contributed by atoms with Crippen molar-refractivity contribution in [2.24, 2.45) is 0 Å². The predicted octanol–water partition coefficient (Wildman–Crippen LogP) is 2.35. The van der Waals surface area contributed by atoms with Gasteiger partial charge in [0.2, 0.25) is 0 Å². The highest BCUT2D eigenvalue weighted by Gasteiger charge is 2.21. The molecule has 2 aromatic rings. The van der Waals surface area contributed by atoms with Crippen LogP contribution in [0.3, 0.4) is 0 Å². The molecule has 2 heterocycles. The van der Waals surface area contributed by atoms with E-state index in [9.17, 15) is 4.79 Å². The van der Waals surface area contributed by atoms with Gasteiger partial charge in [0.1, 0.15) is 0 Å². The molecule has 1 fully saturated rings. The smallest absolute Gasteiger partial charge is 0.335 e. The SMILES string of the molecule is CN1CCC[C@H]1c1cccnc1.O=C(O)c1cc(O)c(O)c(O)c1. The summed E-state index contributed by atoms with van der Waals surface area (Å²) in [6.45, 7) is 1.22. The molecule has 1 atom stereocenters. The summed E-state index contributed by atoms with van der Waals surface area (Å²) >= 11 is 0. The largest absolute Gasteiger partial charge is 0.504 e. The minimum absolute atomic E-state index is 0.289. The third-order valence-corrected chi connectivity index (χ3v) is 3.91. The quantitative estimate of drug-likeness (QED) is 0.624. The summed E-state index contributed by atoms with van der Waals surface area (Å²) in [6, 6.07) is 6.48. The fourth-order valence-electron chi connectivity index (χ4n) is 2.63. The van der Waals surface area contributed by atoms with Crippen LogP contribution >= 0.6 is 0 Å². The highest BCUT2D eigenvalue weighted by molar-refractivity contribution is 5.89. The normalized spacial score (nSPS) is 17.1. The minimum Gasteiger partial charge on any atom is -0.504 e. The van der Waals surface area contributed by atoms with Gasteiger partial charge in [0.15, 0.2) is 17.2 Å². The van der Waals surface area contributed by atoms with Gasteiger partial charge < -0.3 is 20.4 Å². The van der Waals surface area contributed by atoms with Gasteiger partial charge in [0.25, 0.3) is 0 Å². The Morgan fingerprint density at radius 1 is 1.25 bits per heavy atom. The summed E-state index contributed by atoms with van der Waals surface area (Å²) in [7, 11) is 2.19. The maximum absolute atomic E-state index is 10.3. The first-order valence-corrected chi connectivity index (χ1v) is 7.48. The van der Waals surface area contributed by atoms with E-state index in [4.69, 9.17) is 20.4 Å². The molecule has 0 saturated carbocycles. The molecule has 1 aliphatic rings. The van der Waals surface area contributed by atoms with E-state index < -0.39 is 23.2 Å². The Morgan fingerprint density at radius 2 is 1.92 bits per heavy atom. The number of likely N-dealkylation sites (tertiary alicyclic amines) is 1. The van der Waals surface area contributed by atoms with Gasteiger partial charge in [-0.3, -0.25) is 9.88 Å². The van der Waals surface area contributed by atoms with E-state index in [0.29, 0.717) is 6.04 Å². The molecule has 0 aliphatic carbocycles. The van der Waals surface area contributed by atoms with Crippen LogP contribution in [0.5, 0.6) is 17.2 Å². The molecule has 7 nitrogen and oxygen atoms in total. The predicted molar refractivity (Wildman–Crippen MR) is 87.2 cm³/mol. The van der Waals surface area contributed by atoms with Gasteiger partial charge in [-0.1, -0.05) is 6.07 Å². The first kappa shape index (κ1) is 17.6. The van der Waals surface area contributed by atoms with Crippen molar-refractivity contribution in [1.29, 1.82) is 0 Å². The number of hydrogen-bond donors (Lipinski definition) is 4. The van der Waals surface area contributed by atoms with Gasteiger partial charge in [0.05, 0.1) is 5.56 Å². The number of carboxylic acids is 1. The first-order chi connectivity index (χ1) is 11.4. The van der Waals surface area contributed by atoms with E-state index in [1.165, 1.54) is 24.9 Å². The van der Waals surface area contributed by atoms with E-state index >= 15 is 0 Å².